The summed E-state index contributed by atoms with van der Waals surface area (Å²) in [5.74, 6) is -58.7. The van der Waals surface area contributed by atoms with Gasteiger partial charge >= 0.3 is 53.9 Å². The average Bonchev–Trinajstić information content (AvgIpc) is 3.30. The van der Waals surface area contributed by atoms with E-state index in [1.165, 1.54) is 0 Å². The third-order valence-electron chi connectivity index (χ3n) is 7.32. The Morgan fingerprint density at radius 1 is 0.703 bits per heavy atom. The van der Waals surface area contributed by atoms with Crippen molar-refractivity contribution in [2.45, 2.75) is 74.6 Å². The minimum absolute atomic E-state index is 0.0187. The molecule has 0 amide bonds. The molecule has 2 bridgehead atoms. The van der Waals surface area contributed by atoms with Crippen LogP contribution in [0, 0.1) is 29.6 Å². The van der Waals surface area contributed by atoms with Gasteiger partial charge in [-0.15, -0.1) is 0 Å². The van der Waals surface area contributed by atoms with Crippen LogP contribution in [0.1, 0.15) is 26.7 Å². The topological polar surface area (TPSA) is 26.3 Å². The van der Waals surface area contributed by atoms with Crippen molar-refractivity contribution in [3.63, 3.8) is 0 Å². The summed E-state index contributed by atoms with van der Waals surface area (Å²) in [5.41, 5.74) is 0. The highest BCUT2D eigenvalue weighted by Crippen LogP contribution is 2.63. The third kappa shape index (κ3) is 4.22. The van der Waals surface area contributed by atoms with Gasteiger partial charge in [0.2, 0.25) is 0 Å². The number of carbonyl (C=O) groups excluding carboxylic acids is 1. The Bertz CT molecular complexity index is 868. The van der Waals surface area contributed by atoms with Gasteiger partial charge in [-0.25, -0.2) is 8.78 Å². The first kappa shape index (κ1) is 31.6. The fourth-order valence-corrected chi connectivity index (χ4v) is 4.74. The zero-order chi connectivity index (χ0) is 29.4. The molecule has 2 aliphatic carbocycles. The summed E-state index contributed by atoms with van der Waals surface area (Å²) in [5, 5.41) is 0. The first-order chi connectivity index (χ1) is 16.2. The van der Waals surface area contributed by atoms with Gasteiger partial charge in [-0.1, -0.05) is 13.8 Å². The average molecular weight is 582 g/mol. The van der Waals surface area contributed by atoms with Crippen molar-refractivity contribution in [3.8, 4) is 0 Å². The minimum Gasteiger partial charge on any atom is -0.459 e. The predicted octanol–water partition coefficient (Wildman–Crippen LogP) is 7.17. The molecule has 218 valence electrons. The van der Waals surface area contributed by atoms with Gasteiger partial charge in [0, 0.05) is 0 Å². The number of hydrogen-bond acceptors (Lipinski definition) is 2. The van der Waals surface area contributed by atoms with Crippen LogP contribution < -0.4 is 0 Å². The van der Waals surface area contributed by atoms with Crippen LogP contribution >= 0.6 is 0 Å². The lowest BCUT2D eigenvalue weighted by Crippen LogP contribution is -2.74. The number of hydrogen-bond donors (Lipinski definition) is 0. The summed E-state index contributed by atoms with van der Waals surface area (Å²) in [6.45, 7) is 0.343. The van der Waals surface area contributed by atoms with Crippen LogP contribution in [0.2, 0.25) is 0 Å². The van der Waals surface area contributed by atoms with Gasteiger partial charge in [0.05, 0.1) is 5.92 Å². The molecule has 5 unspecified atom stereocenters. The van der Waals surface area contributed by atoms with E-state index in [9.17, 15) is 75.0 Å². The van der Waals surface area contributed by atoms with Crippen molar-refractivity contribution in [1.29, 1.82) is 0 Å². The Kier molecular flexibility index (Phi) is 7.63. The van der Waals surface area contributed by atoms with Crippen LogP contribution in [0.5, 0.6) is 0 Å². The molecular formula is C19H18F16O2. The molecule has 2 nitrogen and oxygen atoms in total. The summed E-state index contributed by atoms with van der Waals surface area (Å²) in [6, 6.07) is 0. The lowest BCUT2D eigenvalue weighted by atomic mass is 9.76. The van der Waals surface area contributed by atoms with Gasteiger partial charge in [0.25, 0.3) is 0 Å². The van der Waals surface area contributed by atoms with Gasteiger partial charge in [0.1, 0.15) is 0 Å². The van der Waals surface area contributed by atoms with E-state index in [1.54, 1.807) is 13.8 Å². The minimum atomic E-state index is -8.46. The quantitative estimate of drug-likeness (QED) is 0.202. The molecule has 2 fully saturated rings. The number of esters is 1. The lowest BCUT2D eigenvalue weighted by molar-refractivity contribution is -0.447. The number of carbonyl (C=O) groups is 1. The summed E-state index contributed by atoms with van der Waals surface area (Å²) in [6.07, 6.45) is -5.48. The highest BCUT2D eigenvalue weighted by Gasteiger charge is 2.93. The Morgan fingerprint density at radius 3 is 1.54 bits per heavy atom. The molecule has 0 radical (unpaired) electrons. The largest absolute Gasteiger partial charge is 0.459 e. The smallest absolute Gasteiger partial charge is 0.385 e. The second-order valence-corrected chi connectivity index (χ2v) is 9.33. The molecular weight excluding hydrogens is 564 g/mol. The number of halogens is 16. The Hall–Kier alpha value is -1.65. The number of rotatable bonds is 10. The Morgan fingerprint density at radius 2 is 1.14 bits per heavy atom. The highest BCUT2D eigenvalue weighted by atomic mass is 19.4. The second kappa shape index (κ2) is 8.95. The van der Waals surface area contributed by atoms with Gasteiger partial charge in [-0.3, -0.25) is 4.79 Å². The van der Waals surface area contributed by atoms with E-state index in [-0.39, 0.29) is 24.2 Å². The number of fused-ring (bicyclic) bond motifs is 2. The van der Waals surface area contributed by atoms with E-state index in [2.05, 4.69) is 4.74 Å². The maximum atomic E-state index is 13.9. The van der Waals surface area contributed by atoms with Crippen molar-refractivity contribution in [2.24, 2.45) is 29.6 Å². The summed E-state index contributed by atoms with van der Waals surface area (Å²) >= 11 is 0. The van der Waals surface area contributed by atoms with Crippen LogP contribution in [-0.2, 0) is 9.53 Å². The predicted molar refractivity (Wildman–Crippen MR) is 89.6 cm³/mol. The van der Waals surface area contributed by atoms with Crippen LogP contribution in [-0.4, -0.2) is 60.5 Å². The first-order valence-electron chi connectivity index (χ1n) is 10.3. The van der Waals surface area contributed by atoms with E-state index in [4.69, 9.17) is 0 Å². The molecule has 0 heterocycles. The van der Waals surface area contributed by atoms with Gasteiger partial charge in [-0.05, 0) is 36.5 Å². The Labute approximate surface area is 197 Å². The third-order valence-corrected chi connectivity index (χ3v) is 7.32. The molecule has 5 atom stereocenters. The van der Waals surface area contributed by atoms with Crippen molar-refractivity contribution in [1.82, 2.24) is 0 Å². The molecule has 0 aromatic heterocycles. The zero-order valence-electron chi connectivity index (χ0n) is 18.4. The Balaban J connectivity index is 2.30. The van der Waals surface area contributed by atoms with E-state index in [0.717, 1.165) is 0 Å². The SMILES string of the molecule is CC1C2CC(C(=O)OCC(F)(F)C(F)(F)C(F)(F)C(F)(F)C(F)(F)C(F)(F)C(F)(F)C(F)F)C(C2)C1C. The second-order valence-electron chi connectivity index (χ2n) is 9.33. The van der Waals surface area contributed by atoms with Crippen molar-refractivity contribution in [3.05, 3.63) is 0 Å². The summed E-state index contributed by atoms with van der Waals surface area (Å²) in [4.78, 5) is 12.1. The molecule has 37 heavy (non-hydrogen) atoms. The van der Waals surface area contributed by atoms with Gasteiger partial charge < -0.3 is 4.74 Å². The maximum Gasteiger partial charge on any atom is 0.385 e. The van der Waals surface area contributed by atoms with Crippen molar-refractivity contribution < 1.29 is 79.8 Å². The number of ether oxygens (including phenoxy) is 1. The van der Waals surface area contributed by atoms with Crippen molar-refractivity contribution in [2.75, 3.05) is 6.61 Å². The fraction of sp³-hybridized carbons (Fsp3) is 0.947. The normalized spacial score (nSPS) is 28.2. The standard InChI is InChI=1S/C19H18F16O2/c1-6-7(2)9-3-8(6)4-10(9)11(36)37-5-13(22,23)15(26,27)17(30,31)19(34,35)18(32,33)16(28,29)14(24,25)12(20)21/h6-10,12H,3-5H2,1-2H3. The number of alkyl halides is 16. The highest BCUT2D eigenvalue weighted by molar-refractivity contribution is 5.73. The molecule has 0 aromatic carbocycles. The zero-order valence-corrected chi connectivity index (χ0v) is 18.4. The molecule has 0 aliphatic heterocycles. The van der Waals surface area contributed by atoms with Crippen LogP contribution in [0.4, 0.5) is 70.2 Å². The molecule has 0 spiro atoms. The van der Waals surface area contributed by atoms with Crippen LogP contribution in [0.15, 0.2) is 0 Å². The lowest BCUT2D eigenvalue weighted by Gasteiger charge is -2.42. The van der Waals surface area contributed by atoms with Crippen LogP contribution in [0.3, 0.4) is 0 Å². The fourth-order valence-electron chi connectivity index (χ4n) is 4.74. The van der Waals surface area contributed by atoms with E-state index in [0.29, 0.717) is 6.42 Å². The van der Waals surface area contributed by atoms with Gasteiger partial charge in [0.15, 0.2) is 6.61 Å². The molecule has 2 saturated carbocycles. The van der Waals surface area contributed by atoms with E-state index in [1.807, 2.05) is 0 Å². The maximum absolute atomic E-state index is 13.9. The molecule has 0 saturated heterocycles. The van der Waals surface area contributed by atoms with Crippen molar-refractivity contribution >= 4 is 5.97 Å². The van der Waals surface area contributed by atoms with E-state index < -0.39 is 72.3 Å². The molecule has 0 N–H and O–H groups in total. The molecule has 2 aliphatic rings. The molecule has 2 rings (SSSR count). The summed E-state index contributed by atoms with van der Waals surface area (Å²) in [7, 11) is 0. The first-order valence-corrected chi connectivity index (χ1v) is 10.3. The monoisotopic (exact) mass is 582 g/mol. The molecule has 18 heteroatoms. The molecule has 0 aromatic rings. The van der Waals surface area contributed by atoms with Crippen LogP contribution in [0.25, 0.3) is 0 Å². The summed E-state index contributed by atoms with van der Waals surface area (Å²) < 4.78 is 217. The van der Waals surface area contributed by atoms with Gasteiger partial charge in [-0.2, -0.15) is 61.5 Å². The van der Waals surface area contributed by atoms with E-state index >= 15 is 0 Å².